The number of rotatable bonds is 14. The predicted molar refractivity (Wildman–Crippen MR) is 144 cm³/mol. The summed E-state index contributed by atoms with van der Waals surface area (Å²) in [5.41, 5.74) is 1.22. The minimum Gasteiger partial charge on any atom is -0.308 e. The van der Waals surface area contributed by atoms with Gasteiger partial charge in [-0.2, -0.15) is 0 Å². The molecule has 1 heterocycles. The number of unbranched alkanes of at least 4 members (excludes halogenated alkanes) is 6. The van der Waals surface area contributed by atoms with E-state index in [4.69, 9.17) is 4.98 Å². The van der Waals surface area contributed by atoms with Crippen molar-refractivity contribution >= 4 is 10.9 Å². The van der Waals surface area contributed by atoms with Gasteiger partial charge in [-0.3, -0.25) is 14.3 Å². The molecule has 3 aromatic rings. The van der Waals surface area contributed by atoms with E-state index in [1.165, 1.54) is 50.7 Å². The van der Waals surface area contributed by atoms with Crippen LogP contribution in [0.2, 0.25) is 0 Å². The van der Waals surface area contributed by atoms with Crippen molar-refractivity contribution in [1.82, 2.24) is 19.4 Å². The van der Waals surface area contributed by atoms with Gasteiger partial charge in [-0.05, 0) is 70.4 Å². The van der Waals surface area contributed by atoms with Crippen molar-refractivity contribution in [2.45, 2.75) is 64.8 Å². The zero-order valence-corrected chi connectivity index (χ0v) is 21.8. The smallest absolute Gasteiger partial charge is 0.266 e. The first-order valence-corrected chi connectivity index (χ1v) is 13.1. The Morgan fingerprint density at radius 2 is 1.54 bits per heavy atom. The molecule has 0 unspecified atom stereocenters. The Kier molecular flexibility index (Phi) is 10.4. The predicted octanol–water partition coefficient (Wildman–Crippen LogP) is 6.20. The molecule has 0 aliphatic heterocycles. The Balaban J connectivity index is 1.92. The summed E-state index contributed by atoms with van der Waals surface area (Å²) in [6.07, 6.45) is 8.82. The zero-order chi connectivity index (χ0) is 25.2. The summed E-state index contributed by atoms with van der Waals surface area (Å²) in [6, 6.07) is 13.5. The van der Waals surface area contributed by atoms with Gasteiger partial charge >= 0.3 is 0 Å². The van der Waals surface area contributed by atoms with Crippen LogP contribution in [0.25, 0.3) is 16.6 Å². The molecule has 3 rings (SSSR count). The summed E-state index contributed by atoms with van der Waals surface area (Å²) in [5, 5.41) is 0.569. The van der Waals surface area contributed by atoms with Crippen LogP contribution in [0, 0.1) is 5.82 Å². The molecule has 0 fully saturated rings. The lowest BCUT2D eigenvalue weighted by molar-refractivity contribution is 0.178. The van der Waals surface area contributed by atoms with Gasteiger partial charge in [0, 0.05) is 13.1 Å². The average molecular weight is 481 g/mol. The van der Waals surface area contributed by atoms with Crippen LogP contribution in [0.5, 0.6) is 0 Å². The van der Waals surface area contributed by atoms with Gasteiger partial charge in [0.05, 0.1) is 22.6 Å². The lowest BCUT2D eigenvalue weighted by atomic mass is 10.1. The van der Waals surface area contributed by atoms with Crippen LogP contribution in [-0.4, -0.2) is 53.1 Å². The SMILES string of the molecule is CCCCCCCCCN(CCN(C)C)[C@H](C)c1nc2ccccc2c(=O)n1-c1ccc(F)cc1. The van der Waals surface area contributed by atoms with E-state index in [9.17, 15) is 9.18 Å². The van der Waals surface area contributed by atoms with Crippen molar-refractivity contribution in [3.63, 3.8) is 0 Å². The molecule has 6 heteroatoms. The first-order chi connectivity index (χ1) is 16.9. The van der Waals surface area contributed by atoms with Crippen molar-refractivity contribution < 1.29 is 4.39 Å². The van der Waals surface area contributed by atoms with Gasteiger partial charge in [0.15, 0.2) is 0 Å². The molecule has 0 aliphatic rings. The van der Waals surface area contributed by atoms with E-state index >= 15 is 0 Å². The first-order valence-electron chi connectivity index (χ1n) is 13.1. The van der Waals surface area contributed by atoms with Crippen molar-refractivity contribution in [1.29, 1.82) is 0 Å². The summed E-state index contributed by atoms with van der Waals surface area (Å²) in [5.74, 6) is 0.374. The van der Waals surface area contributed by atoms with Crippen molar-refractivity contribution in [3.8, 4) is 5.69 Å². The van der Waals surface area contributed by atoms with Crippen LogP contribution in [0.4, 0.5) is 4.39 Å². The summed E-state index contributed by atoms with van der Waals surface area (Å²) >= 11 is 0. The lowest BCUT2D eigenvalue weighted by Crippen LogP contribution is -2.37. The number of halogens is 1. The van der Waals surface area contributed by atoms with E-state index in [0.29, 0.717) is 22.4 Å². The Morgan fingerprint density at radius 1 is 0.886 bits per heavy atom. The Bertz CT molecular complexity index is 1110. The molecule has 2 aromatic carbocycles. The van der Waals surface area contributed by atoms with Crippen molar-refractivity contribution in [2.75, 3.05) is 33.7 Å². The molecule has 0 saturated carbocycles. The molecule has 190 valence electrons. The van der Waals surface area contributed by atoms with Gasteiger partial charge < -0.3 is 4.90 Å². The maximum Gasteiger partial charge on any atom is 0.266 e. The van der Waals surface area contributed by atoms with Crippen LogP contribution in [0.3, 0.4) is 0 Å². The number of hydrogen-bond acceptors (Lipinski definition) is 4. The van der Waals surface area contributed by atoms with Gasteiger partial charge in [-0.25, -0.2) is 9.37 Å². The Labute approximate surface area is 209 Å². The molecule has 0 bridgehead atoms. The zero-order valence-electron chi connectivity index (χ0n) is 21.8. The maximum atomic E-state index is 13.7. The number of benzene rings is 2. The molecule has 0 saturated heterocycles. The normalized spacial score (nSPS) is 12.7. The van der Waals surface area contributed by atoms with Crippen molar-refractivity contribution in [2.24, 2.45) is 0 Å². The van der Waals surface area contributed by atoms with E-state index in [1.54, 1.807) is 16.7 Å². The van der Waals surface area contributed by atoms with Gasteiger partial charge in [0.1, 0.15) is 11.6 Å². The summed E-state index contributed by atoms with van der Waals surface area (Å²) in [4.78, 5) is 23.2. The third-order valence-corrected chi connectivity index (χ3v) is 6.69. The number of hydrogen-bond donors (Lipinski definition) is 0. The van der Waals surface area contributed by atoms with Crippen molar-refractivity contribution in [3.05, 3.63) is 70.5 Å². The topological polar surface area (TPSA) is 41.4 Å². The van der Waals surface area contributed by atoms with Gasteiger partial charge in [-0.15, -0.1) is 0 Å². The summed E-state index contributed by atoms with van der Waals surface area (Å²) in [7, 11) is 4.17. The van der Waals surface area contributed by atoms with Crippen LogP contribution >= 0.6 is 0 Å². The van der Waals surface area contributed by atoms with Crippen LogP contribution in [-0.2, 0) is 0 Å². The Morgan fingerprint density at radius 3 is 2.23 bits per heavy atom. The third kappa shape index (κ3) is 7.45. The Hall–Kier alpha value is -2.57. The van der Waals surface area contributed by atoms with E-state index in [-0.39, 0.29) is 17.4 Å². The summed E-state index contributed by atoms with van der Waals surface area (Å²) in [6.45, 7) is 7.14. The molecule has 5 nitrogen and oxygen atoms in total. The molecular formula is C29H41FN4O. The first kappa shape index (κ1) is 27.0. The monoisotopic (exact) mass is 480 g/mol. The van der Waals surface area contributed by atoms with E-state index in [1.807, 2.05) is 24.3 Å². The molecule has 0 N–H and O–H groups in total. The number of likely N-dealkylation sites (N-methyl/N-ethyl adjacent to an activating group) is 1. The highest BCUT2D eigenvalue weighted by atomic mass is 19.1. The van der Waals surface area contributed by atoms with E-state index < -0.39 is 0 Å². The molecule has 0 aliphatic carbocycles. The van der Waals surface area contributed by atoms with Gasteiger partial charge in [0.2, 0.25) is 0 Å². The minimum atomic E-state index is -0.323. The number of nitrogens with zero attached hydrogens (tertiary/aromatic N) is 4. The van der Waals surface area contributed by atoms with Crippen LogP contribution in [0.15, 0.2) is 53.3 Å². The summed E-state index contributed by atoms with van der Waals surface area (Å²) < 4.78 is 15.3. The fraction of sp³-hybridized carbons (Fsp3) is 0.517. The van der Waals surface area contributed by atoms with Crippen LogP contribution in [0.1, 0.15) is 70.7 Å². The second-order valence-corrected chi connectivity index (χ2v) is 9.74. The molecular weight excluding hydrogens is 439 g/mol. The maximum absolute atomic E-state index is 13.7. The lowest BCUT2D eigenvalue weighted by Gasteiger charge is -2.31. The van der Waals surface area contributed by atoms with E-state index in [0.717, 1.165) is 26.1 Å². The molecule has 0 amide bonds. The van der Waals surface area contributed by atoms with E-state index in [2.05, 4.69) is 37.7 Å². The number of para-hydroxylation sites is 1. The quantitative estimate of drug-likeness (QED) is 0.258. The fourth-order valence-electron chi connectivity index (χ4n) is 4.53. The second kappa shape index (κ2) is 13.5. The average Bonchev–Trinajstić information content (AvgIpc) is 2.85. The minimum absolute atomic E-state index is 0.0719. The number of aromatic nitrogens is 2. The molecule has 35 heavy (non-hydrogen) atoms. The molecule has 0 spiro atoms. The molecule has 1 aromatic heterocycles. The standard InChI is InChI=1S/C29H41FN4O/c1-5-6-7-8-9-10-13-20-33(22-21-32(3)4)23(2)28-31-27-15-12-11-14-26(27)29(35)34(28)25-18-16-24(30)17-19-25/h11-12,14-19,23H,5-10,13,20-22H2,1-4H3/t23-/m1/s1. The third-order valence-electron chi connectivity index (χ3n) is 6.69. The highest BCUT2D eigenvalue weighted by Gasteiger charge is 2.23. The van der Waals surface area contributed by atoms with Crippen LogP contribution < -0.4 is 5.56 Å². The number of fused-ring (bicyclic) bond motifs is 1. The highest BCUT2D eigenvalue weighted by molar-refractivity contribution is 5.77. The fourth-order valence-corrected chi connectivity index (χ4v) is 4.53. The highest BCUT2D eigenvalue weighted by Crippen LogP contribution is 2.23. The molecule has 1 atom stereocenters. The van der Waals surface area contributed by atoms with Gasteiger partial charge in [-0.1, -0.05) is 57.6 Å². The van der Waals surface area contributed by atoms with Gasteiger partial charge in [0.25, 0.3) is 5.56 Å². The second-order valence-electron chi connectivity index (χ2n) is 9.74. The molecule has 0 radical (unpaired) electrons. The largest absolute Gasteiger partial charge is 0.308 e.